The summed E-state index contributed by atoms with van der Waals surface area (Å²) < 4.78 is 37.9. The molecule has 0 heterocycles. The van der Waals surface area contributed by atoms with E-state index in [0.29, 0.717) is 5.03 Å². The molecule has 0 aliphatic carbocycles. The van der Waals surface area contributed by atoms with Crippen LogP contribution in [0.3, 0.4) is 0 Å². The van der Waals surface area contributed by atoms with Gasteiger partial charge < -0.3 is 5.32 Å². The Morgan fingerprint density at radius 3 is 2.54 bits per heavy atom. The molecule has 26 heavy (non-hydrogen) atoms. The number of anilines is 1. The van der Waals surface area contributed by atoms with Crippen LogP contribution >= 0.6 is 11.6 Å². The molecular weight excluding hydrogens is 367 g/mol. The Morgan fingerprint density at radius 1 is 1.12 bits per heavy atom. The number of allylic oxidation sites excluding steroid dienone is 1. The molecule has 4 nitrogen and oxygen atoms in total. The zero-order valence-corrected chi connectivity index (χ0v) is 14.2. The number of carbonyl (C=O) groups excluding carboxylic acids is 1. The van der Waals surface area contributed by atoms with Crippen molar-refractivity contribution in [2.45, 2.75) is 6.18 Å². The van der Waals surface area contributed by atoms with Gasteiger partial charge in [-0.1, -0.05) is 48.0 Å². The Hall–Kier alpha value is -2.80. The molecule has 0 aliphatic rings. The van der Waals surface area contributed by atoms with Crippen molar-refractivity contribution in [3.05, 3.63) is 70.8 Å². The van der Waals surface area contributed by atoms with Gasteiger partial charge in [0.25, 0.3) is 5.91 Å². The number of amides is 1. The van der Waals surface area contributed by atoms with Crippen molar-refractivity contribution in [2.24, 2.45) is 5.10 Å². The number of halogens is 4. The SMILES string of the molecule is O=C(CNc1cccc(C(F)(F)F)c1)NN=CC(Cl)=Cc1ccccc1. The molecule has 2 rings (SSSR count). The van der Waals surface area contributed by atoms with Crippen molar-refractivity contribution >= 4 is 35.5 Å². The third-order valence-corrected chi connectivity index (χ3v) is 3.33. The minimum Gasteiger partial charge on any atom is -0.376 e. The number of nitrogens with zero attached hydrogens (tertiary/aromatic N) is 1. The normalized spacial score (nSPS) is 12.2. The summed E-state index contributed by atoms with van der Waals surface area (Å²) in [6, 6.07) is 13.9. The molecule has 0 aliphatic heterocycles. The van der Waals surface area contributed by atoms with Gasteiger partial charge in [0.2, 0.25) is 0 Å². The summed E-state index contributed by atoms with van der Waals surface area (Å²) in [5.41, 5.74) is 2.50. The fraction of sp³-hybridized carbons (Fsp3) is 0.111. The fourth-order valence-electron chi connectivity index (χ4n) is 1.94. The second kappa shape index (κ2) is 9.05. The lowest BCUT2D eigenvalue weighted by Gasteiger charge is -2.09. The standard InChI is InChI=1S/C18H15ClF3N3O/c19-15(9-13-5-2-1-3-6-13)11-24-25-17(26)12-23-16-8-4-7-14(10-16)18(20,21)22/h1-11,23H,12H2,(H,25,26). The summed E-state index contributed by atoms with van der Waals surface area (Å²) in [5, 5.41) is 6.60. The van der Waals surface area contributed by atoms with E-state index in [1.54, 1.807) is 6.08 Å². The largest absolute Gasteiger partial charge is 0.416 e. The Morgan fingerprint density at radius 2 is 1.85 bits per heavy atom. The number of hydrogen-bond donors (Lipinski definition) is 2. The van der Waals surface area contributed by atoms with Crippen LogP contribution in [0.15, 0.2) is 64.7 Å². The molecule has 0 saturated carbocycles. The van der Waals surface area contributed by atoms with E-state index in [4.69, 9.17) is 11.6 Å². The molecule has 0 atom stereocenters. The molecule has 0 saturated heterocycles. The van der Waals surface area contributed by atoms with Crippen LogP contribution < -0.4 is 10.7 Å². The van der Waals surface area contributed by atoms with Crippen molar-refractivity contribution in [1.29, 1.82) is 0 Å². The van der Waals surface area contributed by atoms with Crippen LogP contribution in [0, 0.1) is 0 Å². The van der Waals surface area contributed by atoms with E-state index in [1.807, 2.05) is 30.3 Å². The van der Waals surface area contributed by atoms with Gasteiger partial charge in [0.05, 0.1) is 23.4 Å². The lowest BCUT2D eigenvalue weighted by Crippen LogP contribution is -2.25. The molecule has 1 amide bonds. The number of carbonyl (C=O) groups is 1. The quantitative estimate of drug-likeness (QED) is 0.572. The lowest BCUT2D eigenvalue weighted by atomic mass is 10.2. The Balaban J connectivity index is 1.83. The van der Waals surface area contributed by atoms with E-state index in [1.165, 1.54) is 18.3 Å². The first kappa shape index (κ1) is 19.5. The molecular formula is C18H15ClF3N3O. The zero-order chi connectivity index (χ0) is 19.0. The van der Waals surface area contributed by atoms with Crippen molar-refractivity contribution in [3.8, 4) is 0 Å². The van der Waals surface area contributed by atoms with Crippen molar-refractivity contribution in [2.75, 3.05) is 11.9 Å². The molecule has 0 spiro atoms. The van der Waals surface area contributed by atoms with Crippen LogP contribution in [0.25, 0.3) is 6.08 Å². The summed E-state index contributed by atoms with van der Waals surface area (Å²) in [6.45, 7) is -0.237. The van der Waals surface area contributed by atoms with Gasteiger partial charge in [0.1, 0.15) is 0 Å². The van der Waals surface area contributed by atoms with Crippen LogP contribution in [-0.4, -0.2) is 18.7 Å². The van der Waals surface area contributed by atoms with Crippen molar-refractivity contribution < 1.29 is 18.0 Å². The van der Waals surface area contributed by atoms with Gasteiger partial charge >= 0.3 is 6.18 Å². The molecule has 2 aromatic rings. The van der Waals surface area contributed by atoms with Crippen LogP contribution in [0.4, 0.5) is 18.9 Å². The maximum Gasteiger partial charge on any atom is 0.416 e. The summed E-state index contributed by atoms with van der Waals surface area (Å²) in [6.07, 6.45) is -1.51. The summed E-state index contributed by atoms with van der Waals surface area (Å²) in [4.78, 5) is 11.7. The van der Waals surface area contributed by atoms with Crippen molar-refractivity contribution in [3.63, 3.8) is 0 Å². The number of hydrazone groups is 1. The van der Waals surface area contributed by atoms with Gasteiger partial charge in [0.15, 0.2) is 0 Å². The summed E-state index contributed by atoms with van der Waals surface area (Å²) in [7, 11) is 0. The molecule has 136 valence electrons. The molecule has 0 unspecified atom stereocenters. The second-order valence-electron chi connectivity index (χ2n) is 5.17. The smallest absolute Gasteiger partial charge is 0.376 e. The lowest BCUT2D eigenvalue weighted by molar-refractivity contribution is -0.137. The van der Waals surface area contributed by atoms with E-state index in [9.17, 15) is 18.0 Å². The highest BCUT2D eigenvalue weighted by Crippen LogP contribution is 2.30. The Kier molecular flexibility index (Phi) is 6.80. The van der Waals surface area contributed by atoms with Gasteiger partial charge in [-0.15, -0.1) is 0 Å². The summed E-state index contributed by atoms with van der Waals surface area (Å²) >= 11 is 5.97. The molecule has 0 fully saturated rings. The fourth-order valence-corrected chi connectivity index (χ4v) is 2.11. The first-order chi connectivity index (χ1) is 12.3. The van der Waals surface area contributed by atoms with Gasteiger partial charge in [0, 0.05) is 5.69 Å². The molecule has 2 N–H and O–H groups in total. The molecule has 0 bridgehead atoms. The molecule has 0 radical (unpaired) electrons. The highest BCUT2D eigenvalue weighted by molar-refractivity contribution is 6.41. The minimum absolute atomic E-state index is 0.181. The van der Waals surface area contributed by atoms with E-state index in [2.05, 4.69) is 15.8 Å². The van der Waals surface area contributed by atoms with Crippen molar-refractivity contribution in [1.82, 2.24) is 5.43 Å². The van der Waals surface area contributed by atoms with Crippen LogP contribution in [-0.2, 0) is 11.0 Å². The zero-order valence-electron chi connectivity index (χ0n) is 13.4. The predicted octanol–water partition coefficient (Wildman–Crippen LogP) is 4.50. The monoisotopic (exact) mass is 381 g/mol. The average Bonchev–Trinajstić information content (AvgIpc) is 2.60. The van der Waals surface area contributed by atoms with E-state index in [-0.39, 0.29) is 12.2 Å². The molecule has 0 aromatic heterocycles. The van der Waals surface area contributed by atoms with Gasteiger partial charge in [-0.25, -0.2) is 5.43 Å². The second-order valence-corrected chi connectivity index (χ2v) is 5.60. The topological polar surface area (TPSA) is 53.5 Å². The van der Waals surface area contributed by atoms with E-state index in [0.717, 1.165) is 17.7 Å². The first-order valence-electron chi connectivity index (χ1n) is 7.50. The Labute approximate surface area is 153 Å². The number of hydrogen-bond acceptors (Lipinski definition) is 3. The van der Waals surface area contributed by atoms with Gasteiger partial charge in [-0.2, -0.15) is 18.3 Å². The highest BCUT2D eigenvalue weighted by atomic mass is 35.5. The molecule has 2 aromatic carbocycles. The van der Waals surface area contributed by atoms with Gasteiger partial charge in [-0.3, -0.25) is 4.79 Å². The predicted molar refractivity (Wildman–Crippen MR) is 96.8 cm³/mol. The van der Waals surface area contributed by atoms with Gasteiger partial charge in [-0.05, 0) is 29.8 Å². The number of benzene rings is 2. The van der Waals surface area contributed by atoms with Crippen LogP contribution in [0.2, 0.25) is 0 Å². The minimum atomic E-state index is -4.44. The third-order valence-electron chi connectivity index (χ3n) is 3.12. The van der Waals surface area contributed by atoms with E-state index >= 15 is 0 Å². The average molecular weight is 382 g/mol. The Bertz CT molecular complexity index is 805. The number of rotatable bonds is 6. The van der Waals surface area contributed by atoms with Crippen LogP contribution in [0.1, 0.15) is 11.1 Å². The highest BCUT2D eigenvalue weighted by Gasteiger charge is 2.30. The first-order valence-corrected chi connectivity index (χ1v) is 7.88. The third kappa shape index (κ3) is 6.60. The number of alkyl halides is 3. The summed E-state index contributed by atoms with van der Waals surface area (Å²) in [5.74, 6) is -0.525. The van der Waals surface area contributed by atoms with E-state index < -0.39 is 17.6 Å². The maximum atomic E-state index is 12.6. The van der Waals surface area contributed by atoms with Crippen LogP contribution in [0.5, 0.6) is 0 Å². The maximum absolute atomic E-state index is 12.6. The molecule has 8 heteroatoms. The number of nitrogens with one attached hydrogen (secondary N) is 2.